The minimum Gasteiger partial charge on any atom is -0.467 e. The number of halogens is 1. The Labute approximate surface area is 191 Å². The normalized spacial score (nSPS) is 12.3. The number of para-hydroxylation sites is 1. The van der Waals surface area contributed by atoms with Gasteiger partial charge in [0.25, 0.3) is 0 Å². The van der Waals surface area contributed by atoms with Crippen molar-refractivity contribution in [2.24, 2.45) is 0 Å². The van der Waals surface area contributed by atoms with E-state index < -0.39 is 35.4 Å². The highest BCUT2D eigenvalue weighted by Crippen LogP contribution is 2.24. The molecule has 0 saturated carbocycles. The van der Waals surface area contributed by atoms with Crippen molar-refractivity contribution in [1.29, 1.82) is 0 Å². The van der Waals surface area contributed by atoms with Crippen LogP contribution in [0.5, 0.6) is 0 Å². The summed E-state index contributed by atoms with van der Waals surface area (Å²) in [6.45, 7) is 5.34. The number of methoxy groups -OCH3 is 1. The van der Waals surface area contributed by atoms with Crippen molar-refractivity contribution in [2.45, 2.75) is 45.3 Å². The van der Waals surface area contributed by atoms with E-state index in [4.69, 9.17) is 9.47 Å². The van der Waals surface area contributed by atoms with Crippen LogP contribution in [-0.4, -0.2) is 41.3 Å². The fourth-order valence-corrected chi connectivity index (χ4v) is 3.46. The summed E-state index contributed by atoms with van der Waals surface area (Å²) in [7, 11) is 1.24. The van der Waals surface area contributed by atoms with Gasteiger partial charge in [-0.3, -0.25) is 9.36 Å². The minimum atomic E-state index is -0.971. The summed E-state index contributed by atoms with van der Waals surface area (Å²) in [5.74, 6) is -1.42. The number of amides is 1. The molecule has 1 amide bonds. The number of ether oxygens (including phenoxy) is 2. The lowest BCUT2D eigenvalue weighted by atomic mass is 10.0. The Bertz CT molecular complexity index is 1160. The van der Waals surface area contributed by atoms with Gasteiger partial charge in [0, 0.05) is 18.0 Å². The largest absolute Gasteiger partial charge is 0.467 e. The molecule has 1 atom stereocenters. The maximum atomic E-state index is 13.1. The van der Waals surface area contributed by atoms with Gasteiger partial charge in [-0.05, 0) is 50.1 Å². The Morgan fingerprint density at radius 1 is 1.06 bits per heavy atom. The SMILES string of the molecule is COC(=O)[C@@H](Cc1cn(C(=O)OC(C)(C)C)c2ccccc12)NC(=O)Cc1ccc(F)cc1. The molecule has 3 rings (SSSR count). The molecule has 174 valence electrons. The van der Waals surface area contributed by atoms with Crippen LogP contribution < -0.4 is 5.32 Å². The van der Waals surface area contributed by atoms with Crippen molar-refractivity contribution >= 4 is 28.9 Å². The van der Waals surface area contributed by atoms with E-state index in [1.807, 2.05) is 12.1 Å². The number of carbonyl (C=O) groups is 3. The highest BCUT2D eigenvalue weighted by molar-refractivity contribution is 5.93. The van der Waals surface area contributed by atoms with Crippen LogP contribution in [-0.2, 0) is 31.9 Å². The van der Waals surface area contributed by atoms with Crippen molar-refractivity contribution in [1.82, 2.24) is 9.88 Å². The molecule has 0 fully saturated rings. The fraction of sp³-hybridized carbons (Fsp3) is 0.320. The van der Waals surface area contributed by atoms with Gasteiger partial charge >= 0.3 is 12.1 Å². The molecule has 0 bridgehead atoms. The summed E-state index contributed by atoms with van der Waals surface area (Å²) in [6, 6.07) is 11.8. The fourth-order valence-electron chi connectivity index (χ4n) is 3.46. The van der Waals surface area contributed by atoms with Crippen LogP contribution in [0.15, 0.2) is 54.7 Å². The van der Waals surface area contributed by atoms with Gasteiger partial charge < -0.3 is 14.8 Å². The second-order valence-electron chi connectivity index (χ2n) is 8.67. The topological polar surface area (TPSA) is 86.6 Å². The van der Waals surface area contributed by atoms with Crippen LogP contribution >= 0.6 is 0 Å². The van der Waals surface area contributed by atoms with Crippen LogP contribution in [0.3, 0.4) is 0 Å². The lowest BCUT2D eigenvalue weighted by molar-refractivity contribution is -0.145. The molecule has 0 aliphatic carbocycles. The average Bonchev–Trinajstić information content (AvgIpc) is 3.12. The molecule has 1 N–H and O–H groups in total. The maximum Gasteiger partial charge on any atom is 0.419 e. The van der Waals surface area contributed by atoms with Crippen LogP contribution in [0, 0.1) is 5.82 Å². The highest BCUT2D eigenvalue weighted by Gasteiger charge is 2.26. The van der Waals surface area contributed by atoms with Crippen LogP contribution in [0.2, 0.25) is 0 Å². The molecular weight excluding hydrogens is 427 g/mol. The van der Waals surface area contributed by atoms with E-state index in [1.165, 1.54) is 35.9 Å². The second kappa shape index (κ2) is 9.85. The van der Waals surface area contributed by atoms with Gasteiger partial charge in [-0.2, -0.15) is 0 Å². The predicted octanol–water partition coefficient (Wildman–Crippen LogP) is 4.01. The van der Waals surface area contributed by atoms with E-state index in [-0.39, 0.29) is 12.8 Å². The molecule has 0 aliphatic rings. The molecule has 0 radical (unpaired) electrons. The van der Waals surface area contributed by atoms with E-state index >= 15 is 0 Å². The number of carbonyl (C=O) groups excluding carboxylic acids is 3. The van der Waals surface area contributed by atoms with Crippen molar-refractivity contribution in [3.63, 3.8) is 0 Å². The first-order valence-corrected chi connectivity index (χ1v) is 10.5. The van der Waals surface area contributed by atoms with Gasteiger partial charge in [0.2, 0.25) is 5.91 Å². The average molecular weight is 454 g/mol. The standard InChI is InChI=1S/C25H27FN2O5/c1-25(2,3)33-24(31)28-15-17(19-7-5-6-8-21(19)28)14-20(23(30)32-4)27-22(29)13-16-9-11-18(26)12-10-16/h5-12,15,20H,13-14H2,1-4H3,(H,27,29)/t20-/m1/s1. The lowest BCUT2D eigenvalue weighted by Gasteiger charge is -2.19. The van der Waals surface area contributed by atoms with Gasteiger partial charge in [-0.15, -0.1) is 0 Å². The molecule has 2 aromatic carbocycles. The summed E-state index contributed by atoms with van der Waals surface area (Å²) in [4.78, 5) is 37.7. The number of nitrogens with zero attached hydrogens (tertiary/aromatic N) is 1. The minimum absolute atomic E-state index is 0.0204. The van der Waals surface area contributed by atoms with Gasteiger partial charge in [0.05, 0.1) is 19.0 Å². The van der Waals surface area contributed by atoms with Gasteiger partial charge in [-0.1, -0.05) is 30.3 Å². The molecule has 0 spiro atoms. The van der Waals surface area contributed by atoms with Gasteiger partial charge in [0.1, 0.15) is 17.5 Å². The number of fused-ring (bicyclic) bond motifs is 1. The van der Waals surface area contributed by atoms with Crippen LogP contribution in [0.25, 0.3) is 10.9 Å². The van der Waals surface area contributed by atoms with Crippen LogP contribution in [0.4, 0.5) is 9.18 Å². The Kier molecular flexibility index (Phi) is 7.16. The number of benzene rings is 2. The predicted molar refractivity (Wildman–Crippen MR) is 121 cm³/mol. The molecule has 8 heteroatoms. The molecule has 0 aliphatic heterocycles. The van der Waals surface area contributed by atoms with E-state index in [2.05, 4.69) is 5.32 Å². The molecule has 1 aromatic heterocycles. The van der Waals surface area contributed by atoms with E-state index in [9.17, 15) is 18.8 Å². The summed E-state index contributed by atoms with van der Waals surface area (Å²) in [6.07, 6.45) is 1.16. The summed E-state index contributed by atoms with van der Waals surface area (Å²) in [5.41, 5.74) is 1.24. The number of rotatable bonds is 6. The van der Waals surface area contributed by atoms with Crippen molar-refractivity contribution in [3.05, 3.63) is 71.7 Å². The molecule has 3 aromatic rings. The molecule has 7 nitrogen and oxygen atoms in total. The number of esters is 1. The third-order valence-corrected chi connectivity index (χ3v) is 4.91. The van der Waals surface area contributed by atoms with E-state index in [0.717, 1.165) is 5.39 Å². The Morgan fingerprint density at radius 3 is 2.36 bits per heavy atom. The summed E-state index contributed by atoms with van der Waals surface area (Å²) < 4.78 is 24.9. The zero-order chi connectivity index (χ0) is 24.2. The first-order chi connectivity index (χ1) is 15.6. The van der Waals surface area contributed by atoms with Gasteiger partial charge in [0.15, 0.2) is 0 Å². The van der Waals surface area contributed by atoms with Gasteiger partial charge in [-0.25, -0.2) is 14.0 Å². The van der Waals surface area contributed by atoms with Crippen molar-refractivity contribution in [2.75, 3.05) is 7.11 Å². The number of nitrogens with one attached hydrogen (secondary N) is 1. The zero-order valence-electron chi connectivity index (χ0n) is 19.1. The summed E-state index contributed by atoms with van der Waals surface area (Å²) >= 11 is 0. The highest BCUT2D eigenvalue weighted by atomic mass is 19.1. The molecular formula is C25H27FN2O5. The second-order valence-corrected chi connectivity index (χ2v) is 8.67. The number of hydrogen-bond acceptors (Lipinski definition) is 5. The van der Waals surface area contributed by atoms with E-state index in [1.54, 1.807) is 39.1 Å². The Balaban J connectivity index is 1.85. The van der Waals surface area contributed by atoms with Crippen molar-refractivity contribution in [3.8, 4) is 0 Å². The third kappa shape index (κ3) is 6.19. The smallest absolute Gasteiger partial charge is 0.419 e. The number of aromatic nitrogens is 1. The first kappa shape index (κ1) is 24.0. The third-order valence-electron chi connectivity index (χ3n) is 4.91. The molecule has 1 heterocycles. The molecule has 33 heavy (non-hydrogen) atoms. The quantitative estimate of drug-likeness (QED) is 0.569. The Morgan fingerprint density at radius 2 is 1.73 bits per heavy atom. The monoisotopic (exact) mass is 454 g/mol. The van der Waals surface area contributed by atoms with Crippen LogP contribution in [0.1, 0.15) is 31.9 Å². The zero-order valence-corrected chi connectivity index (χ0v) is 19.1. The van der Waals surface area contributed by atoms with Crippen molar-refractivity contribution < 1.29 is 28.2 Å². The molecule has 0 unspecified atom stereocenters. The number of hydrogen-bond donors (Lipinski definition) is 1. The van der Waals surface area contributed by atoms with E-state index in [0.29, 0.717) is 16.6 Å². The first-order valence-electron chi connectivity index (χ1n) is 10.5. The maximum absolute atomic E-state index is 13.1. The lowest BCUT2D eigenvalue weighted by Crippen LogP contribution is -2.43. The summed E-state index contributed by atoms with van der Waals surface area (Å²) in [5, 5.41) is 3.44. The molecule has 0 saturated heterocycles. The Hall–Kier alpha value is -3.68.